The molecular formula is C16H30N4O2. The summed E-state index contributed by atoms with van der Waals surface area (Å²) in [6, 6.07) is 0. The molecule has 0 aromatic carbocycles. The van der Waals surface area contributed by atoms with Crippen LogP contribution in [0.25, 0.3) is 0 Å². The van der Waals surface area contributed by atoms with Crippen molar-refractivity contribution in [1.82, 2.24) is 15.5 Å². The molecule has 0 aromatic rings. The average molecular weight is 310 g/mol. The third-order valence-corrected chi connectivity index (χ3v) is 5.02. The first-order chi connectivity index (χ1) is 10.6. The van der Waals surface area contributed by atoms with Crippen LogP contribution in [-0.2, 0) is 4.79 Å². The van der Waals surface area contributed by atoms with Gasteiger partial charge in [-0.2, -0.15) is 0 Å². The van der Waals surface area contributed by atoms with Gasteiger partial charge in [-0.25, -0.2) is 0 Å². The first-order valence-electron chi connectivity index (χ1n) is 8.48. The summed E-state index contributed by atoms with van der Waals surface area (Å²) in [5.41, 5.74) is 0. The van der Waals surface area contributed by atoms with Crippen molar-refractivity contribution in [2.45, 2.75) is 44.6 Å². The van der Waals surface area contributed by atoms with E-state index >= 15 is 0 Å². The third kappa shape index (κ3) is 4.60. The number of aliphatic hydroxyl groups excluding tert-OH is 1. The van der Waals surface area contributed by atoms with E-state index in [0.717, 1.165) is 57.7 Å². The lowest BCUT2D eigenvalue weighted by Crippen LogP contribution is -2.47. The van der Waals surface area contributed by atoms with Gasteiger partial charge in [0, 0.05) is 46.1 Å². The predicted molar refractivity (Wildman–Crippen MR) is 87.7 cm³/mol. The van der Waals surface area contributed by atoms with Crippen LogP contribution in [0, 0.1) is 11.8 Å². The summed E-state index contributed by atoms with van der Waals surface area (Å²) >= 11 is 0. The summed E-state index contributed by atoms with van der Waals surface area (Å²) in [5.74, 6) is 1.89. The molecule has 2 fully saturated rings. The monoisotopic (exact) mass is 310 g/mol. The van der Waals surface area contributed by atoms with Gasteiger partial charge in [-0.05, 0) is 31.6 Å². The van der Waals surface area contributed by atoms with Gasteiger partial charge >= 0.3 is 0 Å². The van der Waals surface area contributed by atoms with Crippen LogP contribution in [0.15, 0.2) is 4.99 Å². The Hall–Kier alpha value is -1.30. The quantitative estimate of drug-likeness (QED) is 0.524. The van der Waals surface area contributed by atoms with Crippen LogP contribution in [0.5, 0.6) is 0 Å². The molecular weight excluding hydrogens is 280 g/mol. The summed E-state index contributed by atoms with van der Waals surface area (Å²) < 4.78 is 0. The number of aliphatic hydroxyl groups is 1. The Balaban J connectivity index is 1.75. The first-order valence-corrected chi connectivity index (χ1v) is 8.48. The maximum absolute atomic E-state index is 11.4. The van der Waals surface area contributed by atoms with Crippen LogP contribution in [0.1, 0.15) is 38.5 Å². The van der Waals surface area contributed by atoms with Crippen molar-refractivity contribution in [3.05, 3.63) is 0 Å². The number of hydrogen-bond acceptors (Lipinski definition) is 3. The highest BCUT2D eigenvalue weighted by atomic mass is 16.3. The van der Waals surface area contributed by atoms with Crippen LogP contribution in [0.3, 0.4) is 0 Å². The molecule has 1 aliphatic carbocycles. The molecule has 6 heteroatoms. The summed E-state index contributed by atoms with van der Waals surface area (Å²) in [5, 5.41) is 16.0. The van der Waals surface area contributed by atoms with Gasteiger partial charge in [0.2, 0.25) is 5.91 Å². The molecule has 2 rings (SSSR count). The number of aliphatic imine (C=N–C) groups is 1. The average Bonchev–Trinajstić information content (AvgIpc) is 2.94. The number of hydrogen-bond donors (Lipinski definition) is 3. The highest BCUT2D eigenvalue weighted by Gasteiger charge is 2.27. The molecule has 0 aromatic heterocycles. The molecule has 1 saturated carbocycles. The number of rotatable bonds is 4. The highest BCUT2D eigenvalue weighted by molar-refractivity contribution is 5.80. The Kier molecular flexibility index (Phi) is 6.49. The van der Waals surface area contributed by atoms with Crippen molar-refractivity contribution < 1.29 is 9.90 Å². The van der Waals surface area contributed by atoms with Crippen molar-refractivity contribution in [3.8, 4) is 0 Å². The summed E-state index contributed by atoms with van der Waals surface area (Å²) in [4.78, 5) is 18.1. The lowest BCUT2D eigenvalue weighted by molar-refractivity contribution is -0.121. The second-order valence-corrected chi connectivity index (χ2v) is 6.49. The third-order valence-electron chi connectivity index (χ3n) is 5.02. The molecule has 3 N–H and O–H groups in total. The van der Waals surface area contributed by atoms with Crippen molar-refractivity contribution in [2.24, 2.45) is 16.8 Å². The smallest absolute Gasteiger partial charge is 0.220 e. The Morgan fingerprint density at radius 2 is 2.00 bits per heavy atom. The SMILES string of the molecule is CN=C(NCC1CCCC1O)N1CCC(CC(=O)NC)CC1. The molecule has 0 radical (unpaired) electrons. The number of likely N-dealkylation sites (tertiary alicyclic amines) is 1. The van der Waals surface area contributed by atoms with E-state index in [0.29, 0.717) is 18.3 Å². The van der Waals surface area contributed by atoms with Gasteiger partial charge < -0.3 is 20.6 Å². The molecule has 0 bridgehead atoms. The fourth-order valence-electron chi connectivity index (χ4n) is 3.52. The zero-order valence-corrected chi connectivity index (χ0v) is 13.8. The molecule has 1 saturated heterocycles. The number of nitrogens with one attached hydrogen (secondary N) is 2. The first kappa shape index (κ1) is 17.1. The number of carbonyl (C=O) groups is 1. The highest BCUT2D eigenvalue weighted by Crippen LogP contribution is 2.25. The molecule has 22 heavy (non-hydrogen) atoms. The van der Waals surface area contributed by atoms with Gasteiger partial charge in [0.15, 0.2) is 5.96 Å². The van der Waals surface area contributed by atoms with Gasteiger partial charge in [0.25, 0.3) is 0 Å². The van der Waals surface area contributed by atoms with Gasteiger partial charge in [-0.3, -0.25) is 9.79 Å². The predicted octanol–water partition coefficient (Wildman–Crippen LogP) is 0.571. The lowest BCUT2D eigenvalue weighted by Gasteiger charge is -2.34. The van der Waals surface area contributed by atoms with E-state index in [-0.39, 0.29) is 12.0 Å². The molecule has 0 spiro atoms. The van der Waals surface area contributed by atoms with Crippen molar-refractivity contribution in [3.63, 3.8) is 0 Å². The maximum Gasteiger partial charge on any atom is 0.220 e. The number of carbonyl (C=O) groups excluding carboxylic acids is 1. The Morgan fingerprint density at radius 3 is 2.55 bits per heavy atom. The standard InChI is InChI=1S/C16H30N4O2/c1-17-15(22)10-12-6-8-20(9-7-12)16(18-2)19-11-13-4-3-5-14(13)21/h12-14,21H,3-11H2,1-2H3,(H,17,22)(H,18,19). The summed E-state index contributed by atoms with van der Waals surface area (Å²) in [6.07, 6.45) is 5.67. The molecule has 126 valence electrons. The number of guanidine groups is 1. The van der Waals surface area contributed by atoms with Gasteiger partial charge in [0.1, 0.15) is 0 Å². The van der Waals surface area contributed by atoms with Gasteiger partial charge in [-0.1, -0.05) is 6.42 Å². The topological polar surface area (TPSA) is 77.0 Å². The number of nitrogens with zero attached hydrogens (tertiary/aromatic N) is 2. The molecule has 2 aliphatic rings. The molecule has 2 atom stereocenters. The lowest BCUT2D eigenvalue weighted by atomic mass is 9.93. The summed E-state index contributed by atoms with van der Waals surface area (Å²) in [6.45, 7) is 2.68. The van der Waals surface area contributed by atoms with Crippen LogP contribution in [0.4, 0.5) is 0 Å². The minimum Gasteiger partial charge on any atom is -0.393 e. The normalized spacial score (nSPS) is 27.0. The van der Waals surface area contributed by atoms with Crippen LogP contribution in [0.2, 0.25) is 0 Å². The minimum absolute atomic E-state index is 0.135. The Labute approximate surface area is 133 Å². The van der Waals surface area contributed by atoms with E-state index in [4.69, 9.17) is 0 Å². The fraction of sp³-hybridized carbons (Fsp3) is 0.875. The maximum atomic E-state index is 11.4. The van der Waals surface area contributed by atoms with Crippen molar-refractivity contribution in [2.75, 3.05) is 33.7 Å². The van der Waals surface area contributed by atoms with Crippen LogP contribution < -0.4 is 10.6 Å². The van der Waals surface area contributed by atoms with E-state index < -0.39 is 0 Å². The molecule has 1 heterocycles. The van der Waals surface area contributed by atoms with E-state index in [1.807, 2.05) is 7.05 Å². The number of piperidine rings is 1. The van der Waals surface area contributed by atoms with Gasteiger partial charge in [-0.15, -0.1) is 0 Å². The largest absolute Gasteiger partial charge is 0.393 e. The van der Waals surface area contributed by atoms with E-state index in [1.165, 1.54) is 0 Å². The van der Waals surface area contributed by atoms with E-state index in [9.17, 15) is 9.90 Å². The Morgan fingerprint density at radius 1 is 1.27 bits per heavy atom. The van der Waals surface area contributed by atoms with E-state index in [1.54, 1.807) is 7.05 Å². The van der Waals surface area contributed by atoms with Crippen LogP contribution in [-0.4, -0.2) is 61.7 Å². The second-order valence-electron chi connectivity index (χ2n) is 6.49. The van der Waals surface area contributed by atoms with Crippen molar-refractivity contribution >= 4 is 11.9 Å². The summed E-state index contributed by atoms with van der Waals surface area (Å²) in [7, 11) is 3.50. The minimum atomic E-state index is -0.163. The number of amides is 1. The zero-order valence-electron chi connectivity index (χ0n) is 13.8. The van der Waals surface area contributed by atoms with E-state index in [2.05, 4.69) is 20.5 Å². The van der Waals surface area contributed by atoms with Crippen LogP contribution >= 0.6 is 0 Å². The van der Waals surface area contributed by atoms with Gasteiger partial charge in [0.05, 0.1) is 6.10 Å². The van der Waals surface area contributed by atoms with Crippen molar-refractivity contribution in [1.29, 1.82) is 0 Å². The molecule has 1 amide bonds. The zero-order chi connectivity index (χ0) is 15.9. The fourth-order valence-corrected chi connectivity index (χ4v) is 3.52. The second kappa shape index (κ2) is 8.36. The Bertz CT molecular complexity index is 392. The molecule has 2 unspecified atom stereocenters. The molecule has 1 aliphatic heterocycles. The molecule has 6 nitrogen and oxygen atoms in total.